The van der Waals surface area contributed by atoms with E-state index in [0.717, 1.165) is 128 Å². The van der Waals surface area contributed by atoms with Crippen LogP contribution < -0.4 is 28.4 Å². The van der Waals surface area contributed by atoms with Crippen molar-refractivity contribution < 1.29 is 99.9 Å². The zero-order valence-corrected chi connectivity index (χ0v) is 60.0. The van der Waals surface area contributed by atoms with Gasteiger partial charge in [0.25, 0.3) is 0 Å². The maximum absolute atomic E-state index is 12.6. The molecular weight excluding hydrogens is 1370 g/mol. The maximum Gasteiger partial charge on any atom is 0.573 e. The minimum Gasteiger partial charge on any atom is -0.504 e. The number of nitrogens with zero attached hydrogens (tertiary/aromatic N) is 3. The summed E-state index contributed by atoms with van der Waals surface area (Å²) < 4.78 is 104. The molecule has 0 amide bonds. The molecule has 6 saturated carbocycles. The van der Waals surface area contributed by atoms with Crippen molar-refractivity contribution in [3.8, 4) is 51.7 Å². The summed E-state index contributed by atoms with van der Waals surface area (Å²) in [6.45, 7) is 7.01. The van der Waals surface area contributed by atoms with Crippen LogP contribution in [0.3, 0.4) is 0 Å². The second-order valence-corrected chi connectivity index (χ2v) is 30.7. The van der Waals surface area contributed by atoms with Crippen LogP contribution in [-0.2, 0) is 34.3 Å². The van der Waals surface area contributed by atoms with Crippen LogP contribution in [-0.4, -0.2) is 107 Å². The summed E-state index contributed by atoms with van der Waals surface area (Å²) in [6, 6.07) is 29.7. The lowest BCUT2D eigenvalue weighted by molar-refractivity contribution is -0.275. The van der Waals surface area contributed by atoms with Gasteiger partial charge in [0.15, 0.2) is 34.5 Å². The average Bonchev–Trinajstić information content (AvgIpc) is 1.68. The molecular formula is C81H93F6N3O15. The number of methoxy groups -OCH3 is 4. The highest BCUT2D eigenvalue weighted by Gasteiger charge is 2.58. The summed E-state index contributed by atoms with van der Waals surface area (Å²) in [5.41, 5.74) is 9.93. The highest BCUT2D eigenvalue weighted by Crippen LogP contribution is 2.65. The van der Waals surface area contributed by atoms with E-state index in [0.29, 0.717) is 88.8 Å². The molecule has 0 aromatic heterocycles. The number of hydrogen-bond acceptors (Lipinski definition) is 18. The second kappa shape index (κ2) is 30.0. The minimum absolute atomic E-state index is 0.0105. The van der Waals surface area contributed by atoms with Crippen LogP contribution in [0.1, 0.15) is 185 Å². The Morgan fingerprint density at radius 3 is 1.07 bits per heavy atom. The molecule has 3 unspecified atom stereocenters. The molecule has 24 heteroatoms. The summed E-state index contributed by atoms with van der Waals surface area (Å²) >= 11 is 0. The van der Waals surface area contributed by atoms with E-state index in [4.69, 9.17) is 33.5 Å². The van der Waals surface area contributed by atoms with Crippen molar-refractivity contribution in [1.29, 1.82) is 0 Å². The van der Waals surface area contributed by atoms with Crippen LogP contribution in [0.15, 0.2) is 125 Å². The normalized spacial score (nSPS) is 30.7. The molecule has 0 saturated heterocycles. The van der Waals surface area contributed by atoms with Crippen molar-refractivity contribution in [2.24, 2.45) is 67.2 Å². The number of ether oxygens (including phenoxy) is 6. The number of fused-ring (bicyclic) bond motifs is 15. The van der Waals surface area contributed by atoms with E-state index in [2.05, 4.69) is 45.7 Å². The third-order valence-corrected chi connectivity index (χ3v) is 25.3. The molecule has 105 heavy (non-hydrogen) atoms. The van der Waals surface area contributed by atoms with Crippen LogP contribution in [0, 0.1) is 51.8 Å². The fraction of sp³-hybridized carbons (Fsp3) is 0.519. The molecule has 0 aliphatic heterocycles. The number of phenols is 3. The molecule has 564 valence electrons. The highest BCUT2D eigenvalue weighted by molar-refractivity contribution is 6.05. The Labute approximate surface area is 606 Å². The number of rotatable bonds is 15. The largest absolute Gasteiger partial charge is 0.573 e. The number of benzene rings is 6. The summed E-state index contributed by atoms with van der Waals surface area (Å²) in [4.78, 5) is 17.1. The first-order valence-electron chi connectivity index (χ1n) is 36.3. The smallest absolute Gasteiger partial charge is 0.504 e. The van der Waals surface area contributed by atoms with Crippen molar-refractivity contribution in [1.82, 2.24) is 0 Å². The average molecular weight is 1460 g/mol. The fourth-order valence-electron chi connectivity index (χ4n) is 19.9. The van der Waals surface area contributed by atoms with Crippen LogP contribution in [0.2, 0.25) is 0 Å². The van der Waals surface area contributed by atoms with Gasteiger partial charge < -0.3 is 73.6 Å². The predicted molar refractivity (Wildman–Crippen MR) is 378 cm³/mol. The minimum atomic E-state index is -4.77. The van der Waals surface area contributed by atoms with Crippen LogP contribution >= 0.6 is 0 Å². The molecule has 15 atom stereocenters. The van der Waals surface area contributed by atoms with Gasteiger partial charge in [-0.2, -0.15) is 0 Å². The van der Waals surface area contributed by atoms with Crippen molar-refractivity contribution in [2.45, 2.75) is 186 Å². The van der Waals surface area contributed by atoms with Gasteiger partial charge in [0.2, 0.25) is 0 Å². The first kappa shape index (κ1) is 74.7. The number of alkyl halides is 6. The molecule has 6 fully saturated rings. The number of halogens is 6. The maximum atomic E-state index is 12.6. The van der Waals surface area contributed by atoms with Crippen molar-refractivity contribution in [3.05, 3.63) is 159 Å². The molecule has 0 spiro atoms. The van der Waals surface area contributed by atoms with E-state index >= 15 is 0 Å². The Morgan fingerprint density at radius 2 is 0.724 bits per heavy atom. The van der Waals surface area contributed by atoms with Crippen molar-refractivity contribution in [2.75, 3.05) is 28.4 Å². The lowest BCUT2D eigenvalue weighted by Crippen LogP contribution is -2.45. The number of oxime groups is 3. The van der Waals surface area contributed by atoms with Crippen molar-refractivity contribution in [3.63, 3.8) is 0 Å². The molecule has 9 aliphatic rings. The number of hydrogen-bond donors (Lipinski definition) is 6. The van der Waals surface area contributed by atoms with Gasteiger partial charge in [-0.05, 0) is 272 Å². The van der Waals surface area contributed by atoms with Gasteiger partial charge in [0, 0.05) is 16.7 Å². The molecule has 6 aromatic rings. The predicted octanol–water partition coefficient (Wildman–Crippen LogP) is 16.8. The molecule has 0 heterocycles. The van der Waals surface area contributed by atoms with E-state index in [9.17, 15) is 57.0 Å². The zero-order chi connectivity index (χ0) is 74.5. The Morgan fingerprint density at radius 1 is 0.390 bits per heavy atom. The Hall–Kier alpha value is -8.61. The van der Waals surface area contributed by atoms with Crippen LogP contribution in [0.5, 0.6) is 51.7 Å². The third kappa shape index (κ3) is 15.1. The Balaban J connectivity index is 0.000000140. The SMILES string of the molecule is COc1cc2c(cc1O)C(=NOCc1ccc(OC(F)(F)F)cc1)C[C@@H]1[C@@H]2CC[C@]2(C)C(O)CC[C@@H]12.COc1cc2c(cc1O)C(=NOCc1cccc(OC(F)(F)F)c1)C[C@@H]1[C@@H]2CC[C@]2(C)C(O)CC[C@@H]12.COc1cccc(CON=C2C[C@@H]3[C@H](CC[C@]4(C)C(O)CC[C@@H]34)c3cc(OC)c(O)cc32)c1. The van der Waals surface area contributed by atoms with Crippen molar-refractivity contribution >= 4 is 17.1 Å². The number of aliphatic hydroxyl groups is 3. The van der Waals surface area contributed by atoms with Gasteiger partial charge in [0.05, 0.1) is 63.9 Å². The first-order valence-corrected chi connectivity index (χ1v) is 36.3. The van der Waals surface area contributed by atoms with Gasteiger partial charge in [-0.3, -0.25) is 0 Å². The van der Waals surface area contributed by atoms with Gasteiger partial charge in [-0.15, -0.1) is 26.3 Å². The molecule has 0 radical (unpaired) electrons. The first-order chi connectivity index (χ1) is 50.1. The standard InChI is InChI=1S/2C27H30F3NO5.C27H33NO5/c1-26-10-9-17-18-13-24(34-2)23(32)12-20(18)22(11-19(17)21(26)7-8-25(26)33)31-35-14-15-3-5-16(6-4-15)36-27(28,29)30;1-26-9-8-17-18-13-24(34-2)23(32)12-20(18)22(11-19(17)21(26)6-7-25(26)33)31-35-14-15-4-3-5-16(10-15)36-27(28,29)30;1-27-10-9-18-19-14-25(32-3)24(29)13-21(19)23(12-20(18)22(27)7-8-26(27)30)28-33-15-16-5-4-6-17(11-16)31-2/h3-6,12-13,17,19,21,25,32-33H,7-11,14H2,1-2H3;3-5,10,12-13,17,19,21,25,32-33H,6-9,11,14H2,1-2H3;4-6,11,13-14,18,20,22,26,29-30H,7-10,12,15H2,1-3H3/t2*17-,19-,21+,25?,26+;18-,20-,22+,26?,27+/m111/s1. The molecule has 15 rings (SSSR count). The number of phenolic OH excluding ortho intramolecular Hbond substituents is 3. The zero-order valence-electron chi connectivity index (χ0n) is 60.0. The van der Waals surface area contributed by atoms with Gasteiger partial charge in [-0.1, -0.05) is 72.6 Å². The third-order valence-electron chi connectivity index (χ3n) is 25.3. The number of aromatic hydroxyl groups is 3. The Kier molecular flexibility index (Phi) is 21.3. The van der Waals surface area contributed by atoms with E-state index in [1.165, 1.54) is 62.2 Å². The quantitative estimate of drug-likeness (QED) is 0.0414. The second-order valence-electron chi connectivity index (χ2n) is 30.7. The van der Waals surface area contributed by atoms with E-state index in [1.807, 2.05) is 42.5 Å². The van der Waals surface area contributed by atoms with E-state index in [1.54, 1.807) is 38.5 Å². The summed E-state index contributed by atoms with van der Waals surface area (Å²) in [5, 5.41) is 77.1. The van der Waals surface area contributed by atoms with Crippen LogP contribution in [0.4, 0.5) is 26.3 Å². The number of aliphatic hydroxyl groups excluding tert-OH is 3. The van der Waals surface area contributed by atoms with E-state index < -0.39 is 12.7 Å². The summed E-state index contributed by atoms with van der Waals surface area (Å²) in [6.07, 6.45) is 2.90. The molecule has 9 aliphatic carbocycles. The monoisotopic (exact) mass is 1460 g/mol. The lowest BCUT2D eigenvalue weighted by Gasteiger charge is -2.50. The molecule has 6 N–H and O–H groups in total. The Bertz CT molecular complexity index is 4230. The van der Waals surface area contributed by atoms with Gasteiger partial charge in [-0.25, -0.2) is 0 Å². The highest BCUT2D eigenvalue weighted by atomic mass is 19.4. The van der Waals surface area contributed by atoms with Crippen LogP contribution in [0.25, 0.3) is 0 Å². The summed E-state index contributed by atoms with van der Waals surface area (Å²) in [5.74, 6) is 4.59. The lowest BCUT2D eigenvalue weighted by atomic mass is 9.55. The van der Waals surface area contributed by atoms with Gasteiger partial charge >= 0.3 is 12.7 Å². The molecule has 0 bridgehead atoms. The molecule has 6 aromatic carbocycles. The van der Waals surface area contributed by atoms with E-state index in [-0.39, 0.29) is 100 Å². The summed E-state index contributed by atoms with van der Waals surface area (Å²) in [7, 11) is 6.27. The topological polar surface area (TPSA) is 242 Å². The molecule has 18 nitrogen and oxygen atoms in total. The fourth-order valence-corrected chi connectivity index (χ4v) is 19.9. The van der Waals surface area contributed by atoms with Gasteiger partial charge in [0.1, 0.15) is 37.1 Å².